The Hall–Kier alpha value is -3.56. The molecule has 0 aliphatic carbocycles. The van der Waals surface area contributed by atoms with Gasteiger partial charge in [0.2, 0.25) is 0 Å². The number of carbonyl (C=O) groups excluding carboxylic acids is 2. The number of halogens is 1. The highest BCUT2D eigenvalue weighted by Crippen LogP contribution is 2.23. The van der Waals surface area contributed by atoms with Crippen LogP contribution in [0.4, 0.5) is 4.39 Å². The molecule has 0 radical (unpaired) electrons. The predicted molar refractivity (Wildman–Crippen MR) is 118 cm³/mol. The number of ether oxygens (including phenoxy) is 2. The number of sulfone groups is 1. The molecule has 180 valence electrons. The zero-order chi connectivity index (χ0) is 24.9. The zero-order valence-corrected chi connectivity index (χ0v) is 19.1. The van der Waals surface area contributed by atoms with Crippen molar-refractivity contribution >= 4 is 21.5 Å². The predicted octanol–water partition coefficient (Wildman–Crippen LogP) is 0.419. The number of methoxy groups -OCH3 is 1. The van der Waals surface area contributed by atoms with Crippen LogP contribution in [0.3, 0.4) is 0 Å². The molecule has 1 fully saturated rings. The molecular formula is C22H22FN3O7S. The van der Waals surface area contributed by atoms with Crippen LogP contribution in [0.1, 0.15) is 27.9 Å². The highest BCUT2D eigenvalue weighted by molar-refractivity contribution is 7.91. The van der Waals surface area contributed by atoms with Crippen molar-refractivity contribution in [2.45, 2.75) is 19.0 Å². The molecule has 1 amide bonds. The first-order chi connectivity index (χ1) is 16.1. The van der Waals surface area contributed by atoms with E-state index in [1.54, 1.807) is 6.07 Å². The van der Waals surface area contributed by atoms with Gasteiger partial charge in [-0.15, -0.1) is 0 Å². The SMILES string of the molecule is COCCn1cc(C(=O)c2cc(F)ccc2OCC(=O)N[C@@H]2CCS(=O)(=O)C2)cc(C#N)c1=O. The lowest BCUT2D eigenvalue weighted by Gasteiger charge is -2.14. The van der Waals surface area contributed by atoms with Crippen molar-refractivity contribution < 1.29 is 31.9 Å². The number of nitrogens with zero attached hydrogens (tertiary/aromatic N) is 2. The lowest BCUT2D eigenvalue weighted by molar-refractivity contribution is -0.123. The third-order valence-electron chi connectivity index (χ3n) is 5.15. The molecule has 1 saturated heterocycles. The van der Waals surface area contributed by atoms with Crippen molar-refractivity contribution in [3.05, 3.63) is 63.3 Å². The van der Waals surface area contributed by atoms with E-state index in [2.05, 4.69) is 5.32 Å². The number of rotatable bonds is 9. The maximum atomic E-state index is 14.0. The summed E-state index contributed by atoms with van der Waals surface area (Å²) in [5.41, 5.74) is -1.13. The summed E-state index contributed by atoms with van der Waals surface area (Å²) in [5, 5.41) is 11.8. The lowest BCUT2D eigenvalue weighted by atomic mass is 10.0. The molecule has 1 aliphatic heterocycles. The molecule has 0 bridgehead atoms. The van der Waals surface area contributed by atoms with Gasteiger partial charge < -0.3 is 19.4 Å². The molecule has 10 nitrogen and oxygen atoms in total. The number of hydrogen-bond donors (Lipinski definition) is 1. The fraction of sp³-hybridized carbons (Fsp3) is 0.364. The Bertz CT molecular complexity index is 1310. The van der Waals surface area contributed by atoms with E-state index in [4.69, 9.17) is 9.47 Å². The first kappa shape index (κ1) is 25.1. The smallest absolute Gasteiger partial charge is 0.268 e. The Kier molecular flexibility index (Phi) is 7.80. The number of benzene rings is 1. The summed E-state index contributed by atoms with van der Waals surface area (Å²) < 4.78 is 48.5. The molecule has 1 aliphatic rings. The van der Waals surface area contributed by atoms with Crippen molar-refractivity contribution in [1.29, 1.82) is 5.26 Å². The van der Waals surface area contributed by atoms with Crippen LogP contribution in [0.2, 0.25) is 0 Å². The molecule has 1 N–H and O–H groups in total. The van der Waals surface area contributed by atoms with Crippen LogP contribution in [0, 0.1) is 17.1 Å². The Labute approximate surface area is 194 Å². The van der Waals surface area contributed by atoms with Crippen LogP contribution in [-0.4, -0.2) is 62.5 Å². The third-order valence-corrected chi connectivity index (χ3v) is 6.92. The average Bonchev–Trinajstić information content (AvgIpc) is 3.14. The summed E-state index contributed by atoms with van der Waals surface area (Å²) in [4.78, 5) is 37.6. The molecule has 1 aromatic heterocycles. The van der Waals surface area contributed by atoms with Gasteiger partial charge in [-0.2, -0.15) is 5.26 Å². The molecule has 1 atom stereocenters. The summed E-state index contributed by atoms with van der Waals surface area (Å²) in [5.74, 6) is -2.30. The quantitative estimate of drug-likeness (QED) is 0.497. The first-order valence-electron chi connectivity index (χ1n) is 10.2. The number of nitrogens with one attached hydrogen (secondary N) is 1. The minimum atomic E-state index is -3.18. The highest BCUT2D eigenvalue weighted by Gasteiger charge is 2.29. The van der Waals surface area contributed by atoms with Crippen molar-refractivity contribution in [3.8, 4) is 11.8 Å². The van der Waals surface area contributed by atoms with Crippen LogP contribution in [0.15, 0.2) is 35.3 Å². The number of pyridine rings is 1. The number of nitriles is 1. The monoisotopic (exact) mass is 491 g/mol. The van der Waals surface area contributed by atoms with Crippen molar-refractivity contribution in [2.24, 2.45) is 0 Å². The standard InChI is InChI=1S/C22H22FN3O7S/c1-32-6-5-26-11-15(8-14(10-24)22(26)29)21(28)18-9-16(23)2-3-19(18)33-12-20(27)25-17-4-7-34(30,31)13-17/h2-3,8-9,11,17H,4-7,12-13H2,1H3,(H,25,27)/t17-/m1/s1. The fourth-order valence-electron chi connectivity index (χ4n) is 3.48. The van der Waals surface area contributed by atoms with Gasteiger partial charge in [-0.25, -0.2) is 12.8 Å². The Morgan fingerprint density at radius 2 is 2.09 bits per heavy atom. The largest absolute Gasteiger partial charge is 0.483 e. The third kappa shape index (κ3) is 6.06. The molecule has 0 spiro atoms. The van der Waals surface area contributed by atoms with E-state index in [9.17, 15) is 32.5 Å². The molecule has 3 rings (SSSR count). The second-order valence-electron chi connectivity index (χ2n) is 7.67. The van der Waals surface area contributed by atoms with E-state index < -0.39 is 45.6 Å². The van der Waals surface area contributed by atoms with Crippen LogP contribution >= 0.6 is 0 Å². The summed E-state index contributed by atoms with van der Waals surface area (Å²) in [6.45, 7) is -0.276. The van der Waals surface area contributed by atoms with Crippen LogP contribution in [0.25, 0.3) is 0 Å². The first-order valence-corrected chi connectivity index (χ1v) is 12.1. The maximum absolute atomic E-state index is 14.0. The van der Waals surface area contributed by atoms with Gasteiger partial charge in [0.15, 0.2) is 22.2 Å². The zero-order valence-electron chi connectivity index (χ0n) is 18.2. The number of carbonyl (C=O) groups is 2. The van der Waals surface area contributed by atoms with Gasteiger partial charge in [0.05, 0.1) is 23.7 Å². The second-order valence-corrected chi connectivity index (χ2v) is 9.90. The molecule has 2 aromatic rings. The van der Waals surface area contributed by atoms with E-state index in [0.29, 0.717) is 6.42 Å². The lowest BCUT2D eigenvalue weighted by Crippen LogP contribution is -2.38. The van der Waals surface area contributed by atoms with E-state index in [0.717, 1.165) is 22.8 Å². The van der Waals surface area contributed by atoms with Gasteiger partial charge in [0.25, 0.3) is 11.5 Å². The Balaban J connectivity index is 1.82. The summed E-state index contributed by atoms with van der Waals surface area (Å²) in [7, 11) is -1.74. The van der Waals surface area contributed by atoms with Gasteiger partial charge in [-0.3, -0.25) is 14.4 Å². The fourth-order valence-corrected chi connectivity index (χ4v) is 5.15. The number of hydrogen-bond acceptors (Lipinski definition) is 8. The number of ketones is 1. The maximum Gasteiger partial charge on any atom is 0.268 e. The van der Waals surface area contributed by atoms with Crippen molar-refractivity contribution in [3.63, 3.8) is 0 Å². The Morgan fingerprint density at radius 3 is 2.74 bits per heavy atom. The molecule has 1 aromatic carbocycles. The minimum Gasteiger partial charge on any atom is -0.483 e. The molecule has 0 saturated carbocycles. The summed E-state index contributed by atoms with van der Waals surface area (Å²) >= 11 is 0. The van der Waals surface area contributed by atoms with Crippen molar-refractivity contribution in [2.75, 3.05) is 31.8 Å². The summed E-state index contributed by atoms with van der Waals surface area (Å²) in [6.07, 6.45) is 1.54. The topological polar surface area (TPSA) is 145 Å². The molecule has 12 heteroatoms. The van der Waals surface area contributed by atoms with Gasteiger partial charge in [0.1, 0.15) is 23.2 Å². The number of amides is 1. The van der Waals surface area contributed by atoms with E-state index in [1.807, 2.05) is 0 Å². The van der Waals surface area contributed by atoms with E-state index in [1.165, 1.54) is 19.4 Å². The van der Waals surface area contributed by atoms with Crippen LogP contribution < -0.4 is 15.6 Å². The minimum absolute atomic E-state index is 0.00731. The van der Waals surface area contributed by atoms with E-state index >= 15 is 0 Å². The van der Waals surface area contributed by atoms with Crippen LogP contribution in [0.5, 0.6) is 5.75 Å². The summed E-state index contributed by atoms with van der Waals surface area (Å²) in [6, 6.07) is 5.48. The average molecular weight is 491 g/mol. The number of aromatic nitrogens is 1. The highest BCUT2D eigenvalue weighted by atomic mass is 32.2. The van der Waals surface area contributed by atoms with Crippen molar-refractivity contribution in [1.82, 2.24) is 9.88 Å². The molecule has 2 heterocycles. The van der Waals surface area contributed by atoms with Crippen LogP contribution in [-0.2, 0) is 25.9 Å². The Morgan fingerprint density at radius 1 is 1.32 bits per heavy atom. The second kappa shape index (κ2) is 10.6. The molecular weight excluding hydrogens is 469 g/mol. The van der Waals surface area contributed by atoms with Gasteiger partial charge in [-0.1, -0.05) is 0 Å². The molecule has 0 unspecified atom stereocenters. The van der Waals surface area contributed by atoms with Gasteiger partial charge in [-0.05, 0) is 30.7 Å². The van der Waals surface area contributed by atoms with Gasteiger partial charge in [0, 0.05) is 31.5 Å². The van der Waals surface area contributed by atoms with E-state index in [-0.39, 0.29) is 47.1 Å². The normalized spacial score (nSPS) is 16.6. The molecule has 34 heavy (non-hydrogen) atoms. The van der Waals surface area contributed by atoms with Gasteiger partial charge >= 0.3 is 0 Å².